The Morgan fingerprint density at radius 1 is 1.52 bits per heavy atom. The number of hydrogen-bond acceptors (Lipinski definition) is 4. The van der Waals surface area contributed by atoms with E-state index in [1.807, 2.05) is 0 Å². The van der Waals surface area contributed by atoms with Gasteiger partial charge in [0.15, 0.2) is 0 Å². The van der Waals surface area contributed by atoms with Crippen molar-refractivity contribution in [2.24, 2.45) is 0 Å². The highest BCUT2D eigenvalue weighted by atomic mass is 16.5. The Morgan fingerprint density at radius 2 is 2.33 bits per heavy atom. The molecule has 6 heteroatoms. The van der Waals surface area contributed by atoms with Crippen molar-refractivity contribution in [2.75, 3.05) is 13.7 Å². The minimum atomic E-state index is -1.07. The number of carboxylic acid groups (broad SMARTS) is 1. The van der Waals surface area contributed by atoms with E-state index in [4.69, 9.17) is 9.47 Å². The summed E-state index contributed by atoms with van der Waals surface area (Å²) in [5.74, 6) is -0.769. The highest BCUT2D eigenvalue weighted by molar-refractivity contribution is 5.86. The van der Waals surface area contributed by atoms with Crippen molar-refractivity contribution in [1.29, 1.82) is 0 Å². The zero-order valence-electron chi connectivity index (χ0n) is 11.9. The first-order valence-corrected chi connectivity index (χ1v) is 6.88. The largest absolute Gasteiger partial charge is 0.497 e. The van der Waals surface area contributed by atoms with Crippen LogP contribution in [0.4, 0.5) is 0 Å². The lowest BCUT2D eigenvalue weighted by atomic mass is 10.1. The maximum atomic E-state index is 11.9. The summed E-state index contributed by atoms with van der Waals surface area (Å²) in [6.07, 6.45) is 1.13. The number of benzene rings is 1. The van der Waals surface area contributed by atoms with Crippen molar-refractivity contribution in [1.82, 2.24) is 5.32 Å². The molecule has 1 aromatic rings. The second-order valence-electron chi connectivity index (χ2n) is 4.96. The second kappa shape index (κ2) is 7.08. The molecule has 114 valence electrons. The minimum Gasteiger partial charge on any atom is -0.497 e. The predicted molar refractivity (Wildman–Crippen MR) is 75.2 cm³/mol. The molecule has 1 heterocycles. The number of nitrogens with one attached hydrogen (secondary N) is 1. The average Bonchev–Trinajstić information content (AvgIpc) is 3.01. The molecular weight excluding hydrogens is 274 g/mol. The highest BCUT2D eigenvalue weighted by Gasteiger charge is 2.28. The number of aliphatic carboxylic acids is 1. The average molecular weight is 293 g/mol. The molecule has 0 unspecified atom stereocenters. The van der Waals surface area contributed by atoms with Gasteiger partial charge < -0.3 is 19.9 Å². The van der Waals surface area contributed by atoms with Crippen molar-refractivity contribution in [3.05, 3.63) is 29.8 Å². The third kappa shape index (κ3) is 4.19. The first kappa shape index (κ1) is 15.3. The van der Waals surface area contributed by atoms with Crippen LogP contribution >= 0.6 is 0 Å². The maximum Gasteiger partial charge on any atom is 0.326 e. The Morgan fingerprint density at radius 3 is 2.95 bits per heavy atom. The van der Waals surface area contributed by atoms with E-state index >= 15 is 0 Å². The van der Waals surface area contributed by atoms with Gasteiger partial charge in [-0.2, -0.15) is 0 Å². The van der Waals surface area contributed by atoms with Crippen LogP contribution in [0.3, 0.4) is 0 Å². The number of ether oxygens (including phenoxy) is 2. The molecule has 1 aliphatic rings. The van der Waals surface area contributed by atoms with E-state index in [1.54, 1.807) is 31.4 Å². The zero-order valence-corrected chi connectivity index (χ0v) is 11.9. The number of carbonyl (C=O) groups is 2. The third-order valence-electron chi connectivity index (χ3n) is 3.41. The standard InChI is InChI=1S/C15H19NO5/c1-20-11-5-2-4-10(8-11)9-12(15(18)19)16-14(17)13-6-3-7-21-13/h2,4-5,8,12-13H,3,6-7,9H2,1H3,(H,16,17)(H,18,19)/t12-,13+/m1/s1. The summed E-state index contributed by atoms with van der Waals surface area (Å²) >= 11 is 0. The summed E-state index contributed by atoms with van der Waals surface area (Å²) in [7, 11) is 1.55. The van der Waals surface area contributed by atoms with E-state index in [1.165, 1.54) is 0 Å². The highest BCUT2D eigenvalue weighted by Crippen LogP contribution is 2.15. The fourth-order valence-electron chi connectivity index (χ4n) is 2.28. The van der Waals surface area contributed by atoms with Gasteiger partial charge in [-0.05, 0) is 30.5 Å². The van der Waals surface area contributed by atoms with E-state index in [9.17, 15) is 14.7 Å². The molecule has 0 bridgehead atoms. The van der Waals surface area contributed by atoms with Crippen molar-refractivity contribution in [2.45, 2.75) is 31.4 Å². The van der Waals surface area contributed by atoms with Gasteiger partial charge in [0.25, 0.3) is 0 Å². The molecule has 1 aromatic carbocycles. The van der Waals surface area contributed by atoms with Gasteiger partial charge in [-0.15, -0.1) is 0 Å². The molecule has 2 N–H and O–H groups in total. The van der Waals surface area contributed by atoms with Gasteiger partial charge >= 0.3 is 5.97 Å². The van der Waals surface area contributed by atoms with Gasteiger partial charge in [-0.3, -0.25) is 4.79 Å². The van der Waals surface area contributed by atoms with E-state index in [-0.39, 0.29) is 12.3 Å². The van der Waals surface area contributed by atoms with Crippen LogP contribution in [-0.2, 0) is 20.7 Å². The molecule has 0 aliphatic carbocycles. The van der Waals surface area contributed by atoms with Gasteiger partial charge in [-0.1, -0.05) is 12.1 Å². The summed E-state index contributed by atoms with van der Waals surface area (Å²) < 4.78 is 10.4. The van der Waals surface area contributed by atoms with E-state index < -0.39 is 18.1 Å². The van der Waals surface area contributed by atoms with Gasteiger partial charge in [-0.25, -0.2) is 4.79 Å². The Hall–Kier alpha value is -2.08. The lowest BCUT2D eigenvalue weighted by Crippen LogP contribution is -2.46. The summed E-state index contributed by atoms with van der Waals surface area (Å²) in [4.78, 5) is 23.3. The SMILES string of the molecule is COc1cccc(C[C@@H](NC(=O)[C@@H]2CCCO2)C(=O)O)c1. The van der Waals surface area contributed by atoms with Crippen LogP contribution in [-0.4, -0.2) is 42.8 Å². The maximum absolute atomic E-state index is 11.9. The molecule has 2 atom stereocenters. The molecule has 21 heavy (non-hydrogen) atoms. The normalized spacial score (nSPS) is 19.0. The number of methoxy groups -OCH3 is 1. The van der Waals surface area contributed by atoms with Crippen LogP contribution < -0.4 is 10.1 Å². The predicted octanol–water partition coefficient (Wildman–Crippen LogP) is 0.986. The summed E-state index contributed by atoms with van der Waals surface area (Å²) in [6, 6.07) is 6.15. The second-order valence-corrected chi connectivity index (χ2v) is 4.96. The number of rotatable bonds is 6. The molecule has 0 aromatic heterocycles. The van der Waals surface area contributed by atoms with Gasteiger partial charge in [0.05, 0.1) is 7.11 Å². The topological polar surface area (TPSA) is 84.9 Å². The summed E-state index contributed by atoms with van der Waals surface area (Å²) in [5.41, 5.74) is 0.786. The zero-order chi connectivity index (χ0) is 15.2. The van der Waals surface area contributed by atoms with Crippen LogP contribution in [0.1, 0.15) is 18.4 Å². The number of amides is 1. The van der Waals surface area contributed by atoms with Gasteiger partial charge in [0.1, 0.15) is 17.9 Å². The Kier molecular flexibility index (Phi) is 5.16. The lowest BCUT2D eigenvalue weighted by molar-refractivity contribution is -0.143. The van der Waals surface area contributed by atoms with Gasteiger partial charge in [0, 0.05) is 13.0 Å². The summed E-state index contributed by atoms with van der Waals surface area (Å²) in [5, 5.41) is 11.8. The number of carboxylic acids is 1. The lowest BCUT2D eigenvalue weighted by Gasteiger charge is -2.17. The number of hydrogen-bond donors (Lipinski definition) is 2. The van der Waals surface area contributed by atoms with Crippen LogP contribution in [0.25, 0.3) is 0 Å². The molecule has 1 fully saturated rings. The fourth-order valence-corrected chi connectivity index (χ4v) is 2.28. The molecule has 1 aliphatic heterocycles. The smallest absolute Gasteiger partial charge is 0.326 e. The molecule has 1 amide bonds. The Bertz CT molecular complexity index is 511. The molecule has 6 nitrogen and oxygen atoms in total. The van der Waals surface area contributed by atoms with E-state index in [0.717, 1.165) is 12.0 Å². The molecule has 0 saturated carbocycles. The first-order valence-electron chi connectivity index (χ1n) is 6.88. The third-order valence-corrected chi connectivity index (χ3v) is 3.41. The van der Waals surface area contributed by atoms with E-state index in [0.29, 0.717) is 18.8 Å². The number of carbonyl (C=O) groups excluding carboxylic acids is 1. The molecule has 0 radical (unpaired) electrons. The fraction of sp³-hybridized carbons (Fsp3) is 0.467. The monoisotopic (exact) mass is 293 g/mol. The van der Waals surface area contributed by atoms with Crippen molar-refractivity contribution in [3.8, 4) is 5.75 Å². The van der Waals surface area contributed by atoms with Crippen molar-refractivity contribution in [3.63, 3.8) is 0 Å². The Labute approximate surface area is 123 Å². The Balaban J connectivity index is 2.01. The molecular formula is C15H19NO5. The van der Waals surface area contributed by atoms with Crippen molar-refractivity contribution >= 4 is 11.9 Å². The first-order chi connectivity index (χ1) is 10.1. The molecule has 1 saturated heterocycles. The van der Waals surface area contributed by atoms with Crippen LogP contribution in [0.5, 0.6) is 5.75 Å². The van der Waals surface area contributed by atoms with Crippen molar-refractivity contribution < 1.29 is 24.2 Å². The van der Waals surface area contributed by atoms with E-state index in [2.05, 4.69) is 5.32 Å². The quantitative estimate of drug-likeness (QED) is 0.817. The van der Waals surface area contributed by atoms with Crippen LogP contribution in [0.15, 0.2) is 24.3 Å². The van der Waals surface area contributed by atoms with Crippen LogP contribution in [0.2, 0.25) is 0 Å². The summed E-state index contributed by atoms with van der Waals surface area (Å²) in [6.45, 7) is 0.547. The minimum absolute atomic E-state index is 0.199. The molecule has 0 spiro atoms. The van der Waals surface area contributed by atoms with Crippen LogP contribution in [0, 0.1) is 0 Å². The van der Waals surface area contributed by atoms with Gasteiger partial charge in [0.2, 0.25) is 5.91 Å². The molecule has 2 rings (SSSR count).